The number of nitriles is 1. The van der Waals surface area contributed by atoms with Crippen LogP contribution in [0.5, 0.6) is 0 Å². The van der Waals surface area contributed by atoms with Gasteiger partial charge in [-0.3, -0.25) is 4.79 Å². The molecule has 2 rings (SSSR count). The van der Waals surface area contributed by atoms with Crippen LogP contribution in [0.4, 0.5) is 0 Å². The highest BCUT2D eigenvalue weighted by molar-refractivity contribution is 5.95. The van der Waals surface area contributed by atoms with Gasteiger partial charge in [0.05, 0.1) is 12.7 Å². The number of hydrogen-bond acceptors (Lipinski definition) is 4. The summed E-state index contributed by atoms with van der Waals surface area (Å²) < 4.78 is 0. The molecule has 1 unspecified atom stereocenters. The lowest BCUT2D eigenvalue weighted by molar-refractivity contribution is -0.292. The van der Waals surface area contributed by atoms with Crippen molar-refractivity contribution in [3.05, 3.63) is 60.2 Å². The number of rotatable bonds is 7. The van der Waals surface area contributed by atoms with E-state index < -0.39 is 6.04 Å². The Balaban J connectivity index is 1.98. The zero-order valence-electron chi connectivity index (χ0n) is 12.9. The average Bonchev–Trinajstić information content (AvgIpc) is 2.61. The first-order chi connectivity index (χ1) is 11.2. The van der Waals surface area contributed by atoms with Crippen LogP contribution < -0.4 is 5.32 Å². The molecule has 0 bridgehead atoms. The molecule has 118 valence electrons. The third-order valence-electron chi connectivity index (χ3n) is 3.15. The molecule has 0 radical (unpaired) electrons. The molecule has 0 aliphatic carbocycles. The van der Waals surface area contributed by atoms with Crippen LogP contribution in [0, 0.1) is 11.3 Å². The summed E-state index contributed by atoms with van der Waals surface area (Å²) in [6.07, 6.45) is 0. The molecule has 0 spiro atoms. The molecule has 1 atom stereocenters. The number of nitrogens with zero attached hydrogens (tertiary/aromatic N) is 1. The number of carbonyl (C=O) groups is 1. The van der Waals surface area contributed by atoms with Crippen molar-refractivity contribution in [2.45, 2.75) is 13.0 Å². The Hall–Kier alpha value is -2.68. The van der Waals surface area contributed by atoms with Gasteiger partial charge < -0.3 is 5.32 Å². The van der Waals surface area contributed by atoms with E-state index in [1.54, 1.807) is 19.1 Å². The Labute approximate surface area is 135 Å². The highest BCUT2D eigenvalue weighted by atomic mass is 17.2. The van der Waals surface area contributed by atoms with Gasteiger partial charge in [0.2, 0.25) is 0 Å². The zero-order chi connectivity index (χ0) is 16.5. The van der Waals surface area contributed by atoms with Crippen molar-refractivity contribution in [1.29, 1.82) is 5.26 Å². The van der Waals surface area contributed by atoms with Crippen molar-refractivity contribution in [3.8, 4) is 17.2 Å². The van der Waals surface area contributed by atoms with Crippen LogP contribution in [-0.4, -0.2) is 25.2 Å². The predicted molar refractivity (Wildman–Crippen MR) is 86.3 cm³/mol. The fourth-order valence-corrected chi connectivity index (χ4v) is 2.00. The average molecular weight is 310 g/mol. The van der Waals surface area contributed by atoms with Gasteiger partial charge in [0.15, 0.2) is 0 Å². The molecule has 5 heteroatoms. The second-order valence-electron chi connectivity index (χ2n) is 4.79. The monoisotopic (exact) mass is 310 g/mol. The molecule has 0 saturated carbocycles. The predicted octanol–water partition coefficient (Wildman–Crippen LogP) is 2.94. The van der Waals surface area contributed by atoms with Crippen molar-refractivity contribution in [2.24, 2.45) is 0 Å². The maximum Gasteiger partial charge on any atom is 0.252 e. The molecule has 0 aromatic heterocycles. The van der Waals surface area contributed by atoms with Crippen molar-refractivity contribution < 1.29 is 14.6 Å². The third kappa shape index (κ3) is 4.92. The molecule has 1 amide bonds. The quantitative estimate of drug-likeness (QED) is 0.485. The van der Waals surface area contributed by atoms with E-state index in [0.29, 0.717) is 12.2 Å². The van der Waals surface area contributed by atoms with Gasteiger partial charge in [-0.2, -0.15) is 5.26 Å². The fraction of sp³-hybridized carbons (Fsp3) is 0.222. The second-order valence-corrected chi connectivity index (χ2v) is 4.79. The summed E-state index contributed by atoms with van der Waals surface area (Å²) in [6.45, 7) is 2.14. The lowest BCUT2D eigenvalue weighted by atomic mass is 10.0. The van der Waals surface area contributed by atoms with E-state index >= 15 is 0 Å². The van der Waals surface area contributed by atoms with Crippen LogP contribution in [0.3, 0.4) is 0 Å². The topological polar surface area (TPSA) is 71.3 Å². The van der Waals surface area contributed by atoms with Crippen molar-refractivity contribution >= 4 is 5.91 Å². The first-order valence-corrected chi connectivity index (χ1v) is 7.35. The molecule has 5 nitrogen and oxygen atoms in total. The van der Waals surface area contributed by atoms with E-state index in [4.69, 9.17) is 15.0 Å². The summed E-state index contributed by atoms with van der Waals surface area (Å²) in [6, 6.07) is 18.3. The molecule has 0 aliphatic heterocycles. The molecule has 2 aromatic rings. The second kappa shape index (κ2) is 8.69. The van der Waals surface area contributed by atoms with E-state index in [-0.39, 0.29) is 12.5 Å². The highest BCUT2D eigenvalue weighted by Crippen LogP contribution is 2.19. The molecular formula is C18H18N2O3. The normalized spacial score (nSPS) is 11.5. The Bertz CT molecular complexity index is 663. The zero-order valence-corrected chi connectivity index (χ0v) is 12.9. The van der Waals surface area contributed by atoms with Crippen LogP contribution in [0.25, 0.3) is 11.1 Å². The smallest absolute Gasteiger partial charge is 0.252 e. The summed E-state index contributed by atoms with van der Waals surface area (Å²) in [4.78, 5) is 21.7. The van der Waals surface area contributed by atoms with E-state index in [1.807, 2.05) is 48.5 Å². The van der Waals surface area contributed by atoms with Crippen LogP contribution >= 0.6 is 0 Å². The standard InChI is InChI=1S/C18H18N2O3/c1-2-22-23-13-17(12-19)20-18(21)16-10-8-15(9-11-16)14-6-4-3-5-7-14/h3-11,17H,2,13H2,1H3,(H,20,21). The maximum atomic E-state index is 12.1. The molecule has 0 aliphatic rings. The van der Waals surface area contributed by atoms with Gasteiger partial charge in [-0.05, 0) is 30.2 Å². The van der Waals surface area contributed by atoms with E-state index in [2.05, 4.69) is 5.32 Å². The van der Waals surface area contributed by atoms with Crippen LogP contribution in [0.1, 0.15) is 17.3 Å². The van der Waals surface area contributed by atoms with Gasteiger partial charge in [-0.25, -0.2) is 9.78 Å². The Morgan fingerprint density at radius 2 is 1.74 bits per heavy atom. The first kappa shape index (κ1) is 16.7. The van der Waals surface area contributed by atoms with Gasteiger partial charge >= 0.3 is 0 Å². The number of hydrogen-bond donors (Lipinski definition) is 1. The van der Waals surface area contributed by atoms with Crippen molar-refractivity contribution in [2.75, 3.05) is 13.2 Å². The summed E-state index contributed by atoms with van der Waals surface area (Å²) >= 11 is 0. The molecule has 23 heavy (non-hydrogen) atoms. The van der Waals surface area contributed by atoms with Crippen LogP contribution in [0.2, 0.25) is 0 Å². The lowest BCUT2D eigenvalue weighted by Crippen LogP contribution is -2.37. The summed E-state index contributed by atoms with van der Waals surface area (Å²) in [5, 5.41) is 11.6. The van der Waals surface area contributed by atoms with Crippen molar-refractivity contribution in [3.63, 3.8) is 0 Å². The Morgan fingerprint density at radius 3 is 2.35 bits per heavy atom. The Kier molecular flexibility index (Phi) is 6.30. The molecule has 0 heterocycles. The summed E-state index contributed by atoms with van der Waals surface area (Å²) in [5.41, 5.74) is 2.60. The maximum absolute atomic E-state index is 12.1. The summed E-state index contributed by atoms with van der Waals surface area (Å²) in [7, 11) is 0. The minimum atomic E-state index is -0.761. The minimum absolute atomic E-state index is 0.0157. The molecule has 0 fully saturated rings. The van der Waals surface area contributed by atoms with Gasteiger partial charge in [0.25, 0.3) is 5.91 Å². The molecule has 2 aromatic carbocycles. The largest absolute Gasteiger partial charge is 0.334 e. The summed E-state index contributed by atoms with van der Waals surface area (Å²) in [5.74, 6) is -0.323. The number of carbonyl (C=O) groups excluding carboxylic acids is 1. The van der Waals surface area contributed by atoms with Crippen LogP contribution in [-0.2, 0) is 9.78 Å². The molecule has 0 saturated heterocycles. The van der Waals surface area contributed by atoms with E-state index in [0.717, 1.165) is 11.1 Å². The van der Waals surface area contributed by atoms with Gasteiger partial charge in [0, 0.05) is 5.56 Å². The van der Waals surface area contributed by atoms with Gasteiger partial charge in [-0.1, -0.05) is 42.5 Å². The van der Waals surface area contributed by atoms with E-state index in [1.165, 1.54) is 0 Å². The number of benzene rings is 2. The number of nitrogens with one attached hydrogen (secondary N) is 1. The number of amides is 1. The fourth-order valence-electron chi connectivity index (χ4n) is 2.00. The molecular weight excluding hydrogens is 292 g/mol. The van der Waals surface area contributed by atoms with Crippen molar-refractivity contribution in [1.82, 2.24) is 5.32 Å². The lowest BCUT2D eigenvalue weighted by Gasteiger charge is -2.11. The Morgan fingerprint density at radius 1 is 1.09 bits per heavy atom. The van der Waals surface area contributed by atoms with E-state index in [9.17, 15) is 4.79 Å². The van der Waals surface area contributed by atoms with Gasteiger partial charge in [-0.15, -0.1) is 0 Å². The van der Waals surface area contributed by atoms with Crippen LogP contribution in [0.15, 0.2) is 54.6 Å². The van der Waals surface area contributed by atoms with Gasteiger partial charge in [0.1, 0.15) is 12.6 Å². The SMILES string of the molecule is CCOOCC(C#N)NC(=O)c1ccc(-c2ccccc2)cc1. The highest BCUT2D eigenvalue weighted by Gasteiger charge is 2.13. The third-order valence-corrected chi connectivity index (χ3v) is 3.15. The molecule has 1 N–H and O–H groups in total. The first-order valence-electron chi connectivity index (χ1n) is 7.35. The minimum Gasteiger partial charge on any atom is -0.334 e.